The fourth-order valence-corrected chi connectivity index (χ4v) is 6.07. The first kappa shape index (κ1) is 34.5. The third-order valence-electron chi connectivity index (χ3n) is 8.80. The number of hydrogen-bond acceptors (Lipinski definition) is 6. The lowest BCUT2D eigenvalue weighted by Gasteiger charge is -2.26. The molecule has 3 N–H and O–H groups in total. The summed E-state index contributed by atoms with van der Waals surface area (Å²) in [5.41, 5.74) is 9.00. The third kappa shape index (κ3) is 9.39. The molecule has 0 amide bonds. The first-order chi connectivity index (χ1) is 24.6. The number of nitrogens with one attached hydrogen (secondary N) is 1. The second kappa shape index (κ2) is 17.3. The lowest BCUT2D eigenvalue weighted by atomic mass is 10.0. The van der Waals surface area contributed by atoms with Gasteiger partial charge in [0.1, 0.15) is 18.1 Å². The molecule has 0 aliphatic heterocycles. The average Bonchev–Trinajstić information content (AvgIpc) is 3.17. The summed E-state index contributed by atoms with van der Waals surface area (Å²) in [5.74, 6) is 1.45. The predicted molar refractivity (Wildman–Crippen MR) is 202 cm³/mol. The minimum atomic E-state index is -0.732. The predicted octanol–water partition coefficient (Wildman–Crippen LogP) is 8.96. The van der Waals surface area contributed by atoms with E-state index in [0.29, 0.717) is 31.0 Å². The maximum Gasteiger partial charge on any atom is 0.126 e. The van der Waals surface area contributed by atoms with E-state index < -0.39 is 6.10 Å². The van der Waals surface area contributed by atoms with Gasteiger partial charge in [-0.05, 0) is 76.7 Å². The highest BCUT2D eigenvalue weighted by atomic mass is 16.5. The van der Waals surface area contributed by atoms with Crippen molar-refractivity contribution in [2.75, 3.05) is 25.5 Å². The number of ether oxygens (including phenoxy) is 2. The monoisotopic (exact) mass is 664 g/mol. The van der Waals surface area contributed by atoms with Crippen molar-refractivity contribution in [2.24, 2.45) is 0 Å². The molecule has 0 saturated carbocycles. The molecule has 6 aromatic rings. The van der Waals surface area contributed by atoms with Gasteiger partial charge >= 0.3 is 0 Å². The van der Waals surface area contributed by atoms with E-state index in [1.54, 1.807) is 7.11 Å². The summed E-state index contributed by atoms with van der Waals surface area (Å²) in [6.45, 7) is 2.17. The second-order valence-electron chi connectivity index (χ2n) is 12.4. The Morgan fingerprint density at radius 2 is 1.30 bits per heavy atom. The standard InChI is InChI=1S/C44H44N2O4/c1-49-44-24-22-40(28-41(44)36-15-9-4-10-16-36)45-39-20-17-33(18-21-39)25-26-46(29-34-11-5-2-6-12-34)30-42(48)37-19-23-43(38(27-37)31-47)50-32-35-13-7-3-8-14-35/h2-24,27-28,42,45,47-48H,25-26,29-32H2,1H3. The van der Waals surface area contributed by atoms with Crippen LogP contribution in [0.15, 0.2) is 152 Å². The molecule has 0 heterocycles. The molecule has 0 aromatic heterocycles. The molecule has 0 radical (unpaired) electrons. The van der Waals surface area contributed by atoms with E-state index in [2.05, 4.69) is 64.8 Å². The van der Waals surface area contributed by atoms with Crippen LogP contribution >= 0.6 is 0 Å². The molecule has 254 valence electrons. The maximum absolute atomic E-state index is 11.4. The van der Waals surface area contributed by atoms with Crippen molar-refractivity contribution in [1.29, 1.82) is 0 Å². The van der Waals surface area contributed by atoms with Crippen LogP contribution in [0.25, 0.3) is 11.1 Å². The molecule has 0 spiro atoms. The molecule has 1 atom stereocenters. The molecule has 6 aromatic carbocycles. The molecule has 0 bridgehead atoms. The summed E-state index contributed by atoms with van der Waals surface area (Å²) < 4.78 is 11.6. The second-order valence-corrected chi connectivity index (χ2v) is 12.4. The molecule has 6 rings (SSSR count). The molecule has 0 aliphatic rings. The lowest BCUT2D eigenvalue weighted by molar-refractivity contribution is 0.109. The first-order valence-electron chi connectivity index (χ1n) is 17.0. The Kier molecular flexibility index (Phi) is 11.9. The Labute approximate surface area is 295 Å². The maximum atomic E-state index is 11.4. The zero-order valence-corrected chi connectivity index (χ0v) is 28.4. The fourth-order valence-electron chi connectivity index (χ4n) is 6.07. The first-order valence-corrected chi connectivity index (χ1v) is 17.0. The van der Waals surface area contributed by atoms with Crippen molar-refractivity contribution in [1.82, 2.24) is 4.90 Å². The van der Waals surface area contributed by atoms with Crippen LogP contribution in [0.1, 0.15) is 33.9 Å². The van der Waals surface area contributed by atoms with Gasteiger partial charge in [0.15, 0.2) is 0 Å². The van der Waals surface area contributed by atoms with Crippen LogP contribution in [0.4, 0.5) is 11.4 Å². The SMILES string of the molecule is COc1ccc(Nc2ccc(CCN(Cc3ccccc3)CC(O)c3ccc(OCc4ccccc4)c(CO)c3)cc2)cc1-c1ccccc1. The normalized spacial score (nSPS) is 11.7. The molecular weight excluding hydrogens is 620 g/mol. The highest BCUT2D eigenvalue weighted by molar-refractivity contribution is 5.76. The van der Waals surface area contributed by atoms with Crippen LogP contribution in [0.3, 0.4) is 0 Å². The van der Waals surface area contributed by atoms with Crippen molar-refractivity contribution < 1.29 is 19.7 Å². The van der Waals surface area contributed by atoms with Crippen LogP contribution in [0.5, 0.6) is 11.5 Å². The topological polar surface area (TPSA) is 74.2 Å². The number of aliphatic hydroxyl groups excluding tert-OH is 2. The van der Waals surface area contributed by atoms with E-state index >= 15 is 0 Å². The van der Waals surface area contributed by atoms with Crippen LogP contribution < -0.4 is 14.8 Å². The summed E-state index contributed by atoms with van der Waals surface area (Å²) in [4.78, 5) is 2.28. The van der Waals surface area contributed by atoms with Gasteiger partial charge < -0.3 is 25.0 Å². The summed E-state index contributed by atoms with van der Waals surface area (Å²) in [5, 5.41) is 25.1. The van der Waals surface area contributed by atoms with Crippen molar-refractivity contribution in [3.63, 3.8) is 0 Å². The smallest absolute Gasteiger partial charge is 0.126 e. The molecule has 0 fully saturated rings. The van der Waals surface area contributed by atoms with Gasteiger partial charge in [-0.2, -0.15) is 0 Å². The minimum Gasteiger partial charge on any atom is -0.496 e. The lowest BCUT2D eigenvalue weighted by Crippen LogP contribution is -2.30. The van der Waals surface area contributed by atoms with E-state index in [9.17, 15) is 10.2 Å². The largest absolute Gasteiger partial charge is 0.496 e. The summed E-state index contributed by atoms with van der Waals surface area (Å²) in [6, 6.07) is 50.8. The highest BCUT2D eigenvalue weighted by Gasteiger charge is 2.17. The van der Waals surface area contributed by atoms with Gasteiger partial charge in [-0.1, -0.05) is 109 Å². The van der Waals surface area contributed by atoms with Gasteiger partial charge in [0.25, 0.3) is 0 Å². The number of hydrogen-bond donors (Lipinski definition) is 3. The third-order valence-corrected chi connectivity index (χ3v) is 8.80. The molecule has 0 aliphatic carbocycles. The van der Waals surface area contributed by atoms with Crippen LogP contribution in [-0.2, 0) is 26.2 Å². The summed E-state index contributed by atoms with van der Waals surface area (Å²) >= 11 is 0. The molecular formula is C44H44N2O4. The van der Waals surface area contributed by atoms with E-state index in [1.807, 2.05) is 97.1 Å². The number of benzene rings is 6. The molecule has 50 heavy (non-hydrogen) atoms. The number of methoxy groups -OCH3 is 1. The summed E-state index contributed by atoms with van der Waals surface area (Å²) in [7, 11) is 1.70. The molecule has 0 saturated heterocycles. The average molecular weight is 665 g/mol. The van der Waals surface area contributed by atoms with Crippen molar-refractivity contribution in [3.8, 4) is 22.6 Å². The van der Waals surface area contributed by atoms with Crippen LogP contribution in [0, 0.1) is 0 Å². The van der Waals surface area contributed by atoms with E-state index in [0.717, 1.165) is 52.3 Å². The Morgan fingerprint density at radius 1 is 0.660 bits per heavy atom. The van der Waals surface area contributed by atoms with Gasteiger partial charge in [0.2, 0.25) is 0 Å². The van der Waals surface area contributed by atoms with Crippen molar-refractivity contribution in [3.05, 3.63) is 179 Å². The van der Waals surface area contributed by atoms with Gasteiger partial charge in [0, 0.05) is 42.1 Å². The van der Waals surface area contributed by atoms with E-state index in [1.165, 1.54) is 11.1 Å². The molecule has 1 unspecified atom stereocenters. The Balaban J connectivity index is 1.10. The number of rotatable bonds is 16. The van der Waals surface area contributed by atoms with E-state index in [4.69, 9.17) is 9.47 Å². The van der Waals surface area contributed by atoms with Crippen LogP contribution in [-0.4, -0.2) is 35.3 Å². The fraction of sp³-hybridized carbons (Fsp3) is 0.182. The van der Waals surface area contributed by atoms with Crippen LogP contribution in [0.2, 0.25) is 0 Å². The Hall–Kier alpha value is -5.40. The zero-order chi connectivity index (χ0) is 34.5. The Bertz CT molecular complexity index is 1920. The van der Waals surface area contributed by atoms with Gasteiger partial charge in [-0.15, -0.1) is 0 Å². The minimum absolute atomic E-state index is 0.171. The molecule has 6 nitrogen and oxygen atoms in total. The van der Waals surface area contributed by atoms with Crippen molar-refractivity contribution >= 4 is 11.4 Å². The molecule has 6 heteroatoms. The van der Waals surface area contributed by atoms with Gasteiger partial charge in [-0.3, -0.25) is 4.90 Å². The van der Waals surface area contributed by atoms with Crippen molar-refractivity contribution in [2.45, 2.75) is 32.3 Å². The Morgan fingerprint density at radius 3 is 1.98 bits per heavy atom. The number of nitrogens with zero attached hydrogens (tertiary/aromatic N) is 1. The van der Waals surface area contributed by atoms with Gasteiger partial charge in [0.05, 0.1) is 19.8 Å². The number of anilines is 2. The van der Waals surface area contributed by atoms with Gasteiger partial charge in [-0.25, -0.2) is 0 Å². The zero-order valence-electron chi connectivity index (χ0n) is 28.4. The number of aliphatic hydroxyl groups is 2. The summed E-state index contributed by atoms with van der Waals surface area (Å²) in [6.07, 6.45) is 0.0957. The van der Waals surface area contributed by atoms with E-state index in [-0.39, 0.29) is 6.61 Å². The highest BCUT2D eigenvalue weighted by Crippen LogP contribution is 2.33. The quantitative estimate of drug-likeness (QED) is 0.0960.